The fourth-order valence-corrected chi connectivity index (χ4v) is 10.3. The number of fused-ring (bicyclic) bond motifs is 6. The van der Waals surface area contributed by atoms with Gasteiger partial charge in [-0.25, -0.2) is 0 Å². The highest BCUT2D eigenvalue weighted by atomic mass is 16.3. The predicted molar refractivity (Wildman–Crippen MR) is 290 cm³/mol. The van der Waals surface area contributed by atoms with E-state index in [4.69, 9.17) is 4.42 Å². The van der Waals surface area contributed by atoms with E-state index < -0.39 is 0 Å². The van der Waals surface area contributed by atoms with Gasteiger partial charge in [0.15, 0.2) is 0 Å². The van der Waals surface area contributed by atoms with Gasteiger partial charge in [-0.3, -0.25) is 0 Å². The van der Waals surface area contributed by atoms with Gasteiger partial charge >= 0.3 is 0 Å². The van der Waals surface area contributed by atoms with Crippen LogP contribution in [0.2, 0.25) is 0 Å². The van der Waals surface area contributed by atoms with Crippen LogP contribution >= 0.6 is 0 Å². The molecule has 0 aliphatic rings. The van der Waals surface area contributed by atoms with Gasteiger partial charge < -0.3 is 13.9 Å². The Kier molecular flexibility index (Phi) is 9.84. The largest absolute Gasteiger partial charge is 0.455 e. The Labute approximate surface area is 401 Å². The van der Waals surface area contributed by atoms with Gasteiger partial charge in [0.1, 0.15) is 11.2 Å². The van der Waals surface area contributed by atoms with Gasteiger partial charge in [-0.15, -0.1) is 0 Å². The van der Waals surface area contributed by atoms with Gasteiger partial charge in [-0.1, -0.05) is 212 Å². The highest BCUT2D eigenvalue weighted by Crippen LogP contribution is 2.44. The molecule has 2 aromatic heterocycles. The van der Waals surface area contributed by atoms with E-state index in [-0.39, 0.29) is 0 Å². The van der Waals surface area contributed by atoms with Crippen molar-refractivity contribution in [1.29, 1.82) is 0 Å². The van der Waals surface area contributed by atoms with Crippen LogP contribution in [0.15, 0.2) is 271 Å². The lowest BCUT2D eigenvalue weighted by Crippen LogP contribution is -2.11. The SMILES string of the molecule is c1ccc(-c2ccc(-c3ccccc3N(c3ccc(-c4cccc5c4oc4ccccc45)cc3)c3cccc(-c4ccc(-c5ccccc5-n5c6ccccc6c6ccccc65)cc4)c3)cc2)cc1. The van der Waals surface area contributed by atoms with Crippen LogP contribution in [-0.2, 0) is 0 Å². The molecular formula is C66H44N2O. The quantitative estimate of drug-likeness (QED) is 0.144. The molecule has 0 fully saturated rings. The first kappa shape index (κ1) is 40.1. The molecule has 11 aromatic carbocycles. The van der Waals surface area contributed by atoms with Gasteiger partial charge in [-0.2, -0.15) is 0 Å². The van der Waals surface area contributed by atoms with Crippen LogP contribution in [0.25, 0.3) is 105 Å². The minimum absolute atomic E-state index is 0.898. The standard InChI is InChI=1S/C66H44N2O/c1-2-16-45(17-3-1)46-32-36-48(37-33-46)54-20-4-9-27-61(54)67(52-42-40-50(41-43-52)56-25-15-26-60-59-24-8-13-31-65(59)69-66(56)60)53-19-14-18-51(44-53)47-34-38-49(39-35-47)55-21-5-10-28-62(55)68-63-29-11-6-22-57(63)58-23-7-12-30-64(58)68/h1-44H. The van der Waals surface area contributed by atoms with E-state index in [2.05, 4.69) is 264 Å². The molecule has 0 radical (unpaired) electrons. The molecule has 0 spiro atoms. The van der Waals surface area contributed by atoms with Crippen LogP contribution in [0.5, 0.6) is 0 Å². The van der Waals surface area contributed by atoms with Crippen LogP contribution in [0.1, 0.15) is 0 Å². The average Bonchev–Trinajstić information content (AvgIpc) is 3.98. The van der Waals surface area contributed by atoms with Crippen LogP contribution in [0, 0.1) is 0 Å². The summed E-state index contributed by atoms with van der Waals surface area (Å²) in [7, 11) is 0. The first-order valence-corrected chi connectivity index (χ1v) is 23.6. The van der Waals surface area contributed by atoms with E-state index in [1.807, 2.05) is 12.1 Å². The van der Waals surface area contributed by atoms with E-state index in [1.54, 1.807) is 0 Å². The molecule has 0 aliphatic carbocycles. The number of nitrogens with zero attached hydrogens (tertiary/aromatic N) is 2. The molecule has 324 valence electrons. The second-order valence-corrected chi connectivity index (χ2v) is 17.6. The fraction of sp³-hybridized carbons (Fsp3) is 0. The maximum absolute atomic E-state index is 6.49. The number of benzene rings is 11. The molecule has 0 N–H and O–H groups in total. The smallest absolute Gasteiger partial charge is 0.143 e. The molecule has 13 rings (SSSR count). The minimum atomic E-state index is 0.898. The summed E-state index contributed by atoms with van der Waals surface area (Å²) in [6.45, 7) is 0. The van der Waals surface area contributed by atoms with E-state index in [0.29, 0.717) is 0 Å². The number of rotatable bonds is 9. The molecule has 0 atom stereocenters. The molecule has 3 heteroatoms. The Bertz CT molecular complexity index is 3940. The van der Waals surface area contributed by atoms with E-state index >= 15 is 0 Å². The highest BCUT2D eigenvalue weighted by Gasteiger charge is 2.20. The van der Waals surface area contributed by atoms with Crippen molar-refractivity contribution in [2.45, 2.75) is 0 Å². The number of anilines is 3. The lowest BCUT2D eigenvalue weighted by Gasteiger charge is -2.28. The first-order valence-electron chi connectivity index (χ1n) is 23.6. The third kappa shape index (κ3) is 7.08. The van der Waals surface area contributed by atoms with Crippen LogP contribution in [-0.4, -0.2) is 4.57 Å². The van der Waals surface area contributed by atoms with Crippen molar-refractivity contribution in [1.82, 2.24) is 4.57 Å². The monoisotopic (exact) mass is 880 g/mol. The van der Waals surface area contributed by atoms with Crippen molar-refractivity contribution in [3.63, 3.8) is 0 Å². The molecule has 0 saturated heterocycles. The molecule has 0 amide bonds. The van der Waals surface area contributed by atoms with Gasteiger partial charge in [0, 0.05) is 49.6 Å². The zero-order valence-corrected chi connectivity index (χ0v) is 37.7. The van der Waals surface area contributed by atoms with E-state index in [0.717, 1.165) is 78.1 Å². The average molecular weight is 881 g/mol. The Morgan fingerprint density at radius 2 is 0.768 bits per heavy atom. The van der Waals surface area contributed by atoms with Crippen LogP contribution in [0.4, 0.5) is 17.1 Å². The third-order valence-corrected chi connectivity index (χ3v) is 13.6. The maximum Gasteiger partial charge on any atom is 0.143 e. The van der Waals surface area contributed by atoms with Crippen molar-refractivity contribution >= 4 is 60.8 Å². The Morgan fingerprint density at radius 1 is 0.290 bits per heavy atom. The fourth-order valence-electron chi connectivity index (χ4n) is 10.3. The first-order chi connectivity index (χ1) is 34.2. The molecule has 3 nitrogen and oxygen atoms in total. The van der Waals surface area contributed by atoms with Gasteiger partial charge in [0.05, 0.1) is 22.4 Å². The topological polar surface area (TPSA) is 21.3 Å². The van der Waals surface area contributed by atoms with Gasteiger partial charge in [0.2, 0.25) is 0 Å². The predicted octanol–water partition coefficient (Wildman–Crippen LogP) is 18.5. The summed E-state index contributed by atoms with van der Waals surface area (Å²) in [5.74, 6) is 0. The molecule has 69 heavy (non-hydrogen) atoms. The zero-order chi connectivity index (χ0) is 45.7. The van der Waals surface area contributed by atoms with Gasteiger partial charge in [0.25, 0.3) is 0 Å². The normalized spacial score (nSPS) is 11.5. The van der Waals surface area contributed by atoms with Crippen molar-refractivity contribution in [2.24, 2.45) is 0 Å². The number of furan rings is 1. The maximum atomic E-state index is 6.49. The number of hydrogen-bond acceptors (Lipinski definition) is 2. The summed E-state index contributed by atoms with van der Waals surface area (Å²) < 4.78 is 8.90. The molecule has 0 saturated carbocycles. The zero-order valence-electron chi connectivity index (χ0n) is 37.7. The highest BCUT2D eigenvalue weighted by molar-refractivity contribution is 6.11. The third-order valence-electron chi connectivity index (χ3n) is 13.6. The van der Waals surface area contributed by atoms with E-state index in [1.165, 1.54) is 44.1 Å². The second-order valence-electron chi connectivity index (χ2n) is 17.6. The molecular weight excluding hydrogens is 837 g/mol. The van der Waals surface area contributed by atoms with Crippen LogP contribution in [0.3, 0.4) is 0 Å². The van der Waals surface area contributed by atoms with E-state index in [9.17, 15) is 0 Å². The molecule has 2 heterocycles. The summed E-state index contributed by atoms with van der Waals surface area (Å²) in [5.41, 5.74) is 20.1. The number of aromatic nitrogens is 1. The summed E-state index contributed by atoms with van der Waals surface area (Å²) in [4.78, 5) is 2.39. The Morgan fingerprint density at radius 3 is 1.51 bits per heavy atom. The molecule has 0 unspecified atom stereocenters. The summed E-state index contributed by atoms with van der Waals surface area (Å²) in [6, 6.07) is 96.0. The molecule has 13 aromatic rings. The summed E-state index contributed by atoms with van der Waals surface area (Å²) >= 11 is 0. The minimum Gasteiger partial charge on any atom is -0.455 e. The summed E-state index contributed by atoms with van der Waals surface area (Å²) in [6.07, 6.45) is 0. The van der Waals surface area contributed by atoms with Crippen molar-refractivity contribution in [2.75, 3.05) is 4.90 Å². The van der Waals surface area contributed by atoms with Gasteiger partial charge in [-0.05, 0) is 93.5 Å². The Hall–Kier alpha value is -9.18. The molecule has 0 bridgehead atoms. The van der Waals surface area contributed by atoms with Crippen molar-refractivity contribution in [3.8, 4) is 61.3 Å². The lowest BCUT2D eigenvalue weighted by atomic mass is 9.97. The van der Waals surface area contributed by atoms with Crippen molar-refractivity contribution < 1.29 is 4.42 Å². The second kappa shape index (κ2) is 16.9. The Balaban J connectivity index is 0.899. The molecule has 0 aliphatic heterocycles. The summed E-state index contributed by atoms with van der Waals surface area (Å²) in [5, 5.41) is 4.77. The van der Waals surface area contributed by atoms with Crippen molar-refractivity contribution in [3.05, 3.63) is 267 Å². The number of hydrogen-bond donors (Lipinski definition) is 0. The lowest BCUT2D eigenvalue weighted by molar-refractivity contribution is 0.670. The number of para-hydroxylation sites is 6. The van der Waals surface area contributed by atoms with Crippen LogP contribution < -0.4 is 4.90 Å².